The zero-order chi connectivity index (χ0) is 34.4. The van der Waals surface area contributed by atoms with E-state index in [0.717, 1.165) is 17.7 Å². The molecule has 0 amide bonds. The minimum Gasteiger partial charge on any atom is -0.480 e. The number of thiophene rings is 1. The van der Waals surface area contributed by atoms with Crippen molar-refractivity contribution in [2.24, 2.45) is 0 Å². The van der Waals surface area contributed by atoms with Gasteiger partial charge in [-0.3, -0.25) is 4.79 Å². The summed E-state index contributed by atoms with van der Waals surface area (Å²) in [7, 11) is -8.81. The predicted molar refractivity (Wildman–Crippen MR) is 182 cm³/mol. The number of rotatable bonds is 9. The number of aliphatic carboxylic acids is 1. The molecule has 0 aliphatic rings. The Labute approximate surface area is 279 Å². The number of carboxylic acid groups (broad SMARTS) is 1. The number of nitrogens with zero attached hydrogens (tertiary/aromatic N) is 2. The second kappa shape index (κ2) is 12.5. The summed E-state index contributed by atoms with van der Waals surface area (Å²) in [6.07, 6.45) is 0. The second-order valence-corrected chi connectivity index (χ2v) is 15.5. The van der Waals surface area contributed by atoms with Gasteiger partial charge in [-0.15, -0.1) is 0 Å². The average Bonchev–Trinajstić information content (AvgIpc) is 3.66. The summed E-state index contributed by atoms with van der Waals surface area (Å²) in [4.78, 5) is 14.4. The Morgan fingerprint density at radius 2 is 1.62 bits per heavy atom. The van der Waals surface area contributed by atoms with Gasteiger partial charge in [-0.25, -0.2) is 30.0 Å². The molecule has 48 heavy (non-hydrogen) atoms. The maximum absolute atomic E-state index is 15.3. The Hall–Kier alpha value is -5.13. The molecule has 2 aromatic heterocycles. The van der Waals surface area contributed by atoms with Crippen LogP contribution in [0.1, 0.15) is 11.1 Å². The number of sulfone groups is 1. The number of aliphatic hydroxyl groups excluding tert-OH is 1. The summed E-state index contributed by atoms with van der Waals surface area (Å²) in [6, 6.07) is 23.6. The molecule has 6 aromatic rings. The first-order valence-corrected chi connectivity index (χ1v) is 18.2. The molecular weight excluding hydrogens is 676 g/mol. The zero-order valence-corrected chi connectivity index (χ0v) is 27.5. The standard InChI is InChI=1S/C35H25FN2O7S3/c1-21-10-12-25(13-11-21)48(44,45)38-30-9-4-3-8-26(30)33(27-14-15-46-35(27)37-2)34(38)23-7-5-6-22(16-23)24-17-29(36)28(19-39)31(18-24)47(42,43)20-32(40)41/h3-18,39H,19-20H2,1H3,(H,40,41). The third-order valence-electron chi connectivity index (χ3n) is 7.84. The summed E-state index contributed by atoms with van der Waals surface area (Å²) in [5.41, 5.74) is 2.59. The topological polar surface area (TPSA) is 135 Å². The minimum absolute atomic E-state index is 0.0310. The van der Waals surface area contributed by atoms with E-state index in [0.29, 0.717) is 32.6 Å². The highest BCUT2D eigenvalue weighted by Gasteiger charge is 2.30. The summed E-state index contributed by atoms with van der Waals surface area (Å²) >= 11 is 1.21. The van der Waals surface area contributed by atoms with Gasteiger partial charge in [0.1, 0.15) is 5.82 Å². The van der Waals surface area contributed by atoms with Gasteiger partial charge in [-0.2, -0.15) is 11.3 Å². The van der Waals surface area contributed by atoms with E-state index in [-0.39, 0.29) is 21.7 Å². The molecule has 0 spiro atoms. The molecule has 242 valence electrons. The number of carbonyl (C=O) groups is 1. The lowest BCUT2D eigenvalue weighted by Crippen LogP contribution is -2.17. The van der Waals surface area contributed by atoms with Gasteiger partial charge in [0.15, 0.2) is 15.6 Å². The lowest BCUT2D eigenvalue weighted by atomic mass is 9.96. The van der Waals surface area contributed by atoms with Crippen molar-refractivity contribution < 1.29 is 36.2 Å². The molecule has 0 saturated carbocycles. The van der Waals surface area contributed by atoms with E-state index in [1.807, 2.05) is 6.92 Å². The Morgan fingerprint density at radius 1 is 0.917 bits per heavy atom. The molecule has 13 heteroatoms. The largest absolute Gasteiger partial charge is 0.480 e. The SMILES string of the molecule is [C-]#[N+]c1sccc1-c1c(-c2cccc(-c3cc(F)c(CO)c(S(=O)(=O)CC(=O)O)c3)c2)n(S(=O)(=O)c2ccc(C)cc2)c2ccccc12. The first kappa shape index (κ1) is 32.8. The monoisotopic (exact) mass is 700 g/mol. The maximum atomic E-state index is 15.3. The lowest BCUT2D eigenvalue weighted by molar-refractivity contribution is -0.134. The fraction of sp³-hybridized carbons (Fsp3) is 0.0857. The zero-order valence-electron chi connectivity index (χ0n) is 25.1. The van der Waals surface area contributed by atoms with Crippen LogP contribution in [0, 0.1) is 19.3 Å². The average molecular weight is 701 g/mol. The van der Waals surface area contributed by atoms with Crippen LogP contribution in [0.4, 0.5) is 9.39 Å². The first-order valence-electron chi connectivity index (χ1n) is 14.3. The Morgan fingerprint density at radius 3 is 2.31 bits per heavy atom. The van der Waals surface area contributed by atoms with Crippen LogP contribution in [0.5, 0.6) is 0 Å². The molecule has 0 aliphatic heterocycles. The van der Waals surface area contributed by atoms with E-state index in [4.69, 9.17) is 6.57 Å². The van der Waals surface area contributed by atoms with Crippen LogP contribution in [-0.2, 0) is 31.3 Å². The molecule has 6 rings (SSSR count). The lowest BCUT2D eigenvalue weighted by Gasteiger charge is -2.16. The van der Waals surface area contributed by atoms with Crippen molar-refractivity contribution >= 4 is 53.1 Å². The van der Waals surface area contributed by atoms with Crippen molar-refractivity contribution in [3.05, 3.63) is 125 Å². The molecule has 2 N–H and O–H groups in total. The van der Waals surface area contributed by atoms with E-state index in [1.165, 1.54) is 27.4 Å². The number of fused-ring (bicyclic) bond motifs is 1. The Bertz CT molecular complexity index is 2510. The highest BCUT2D eigenvalue weighted by Crippen LogP contribution is 2.48. The Kier molecular flexibility index (Phi) is 8.52. The quantitative estimate of drug-likeness (QED) is 0.151. The minimum atomic E-state index is -4.55. The third-order valence-corrected chi connectivity index (χ3v) is 12.0. The van der Waals surface area contributed by atoms with Crippen molar-refractivity contribution in [2.75, 3.05) is 5.75 Å². The van der Waals surface area contributed by atoms with Crippen molar-refractivity contribution in [1.82, 2.24) is 3.97 Å². The van der Waals surface area contributed by atoms with Crippen molar-refractivity contribution in [2.45, 2.75) is 23.3 Å². The van der Waals surface area contributed by atoms with E-state index >= 15 is 4.39 Å². The highest BCUT2D eigenvalue weighted by molar-refractivity contribution is 7.92. The molecule has 0 atom stereocenters. The first-order chi connectivity index (χ1) is 22.9. The fourth-order valence-electron chi connectivity index (χ4n) is 5.68. The van der Waals surface area contributed by atoms with Crippen molar-refractivity contribution in [3.8, 4) is 33.5 Å². The number of halogens is 1. The van der Waals surface area contributed by atoms with Gasteiger partial charge in [-0.05, 0) is 59.8 Å². The van der Waals surface area contributed by atoms with Gasteiger partial charge < -0.3 is 10.2 Å². The molecule has 0 unspecified atom stereocenters. The molecule has 0 radical (unpaired) electrons. The summed E-state index contributed by atoms with van der Waals surface area (Å²) in [5.74, 6) is -4.01. The predicted octanol–water partition coefficient (Wildman–Crippen LogP) is 7.29. The number of hydrogen-bond acceptors (Lipinski definition) is 7. The Balaban J connectivity index is 1.68. The normalized spacial score (nSPS) is 11.9. The molecule has 0 bridgehead atoms. The highest BCUT2D eigenvalue weighted by atomic mass is 32.2. The smallest absolute Gasteiger partial charge is 0.319 e. The van der Waals surface area contributed by atoms with E-state index in [9.17, 15) is 31.8 Å². The summed E-state index contributed by atoms with van der Waals surface area (Å²) < 4.78 is 71.5. The van der Waals surface area contributed by atoms with Gasteiger partial charge >= 0.3 is 5.97 Å². The number of para-hydroxylation sites is 1. The summed E-state index contributed by atoms with van der Waals surface area (Å²) in [5, 5.41) is 21.6. The molecule has 4 aromatic carbocycles. The van der Waals surface area contributed by atoms with Gasteiger partial charge in [-0.1, -0.05) is 60.2 Å². The second-order valence-electron chi connectivity index (χ2n) is 10.9. The fourth-order valence-corrected chi connectivity index (χ4v) is 9.24. The number of carboxylic acids is 1. The maximum Gasteiger partial charge on any atom is 0.319 e. The van der Waals surface area contributed by atoms with Crippen LogP contribution < -0.4 is 0 Å². The third kappa shape index (κ3) is 5.69. The number of aromatic nitrogens is 1. The number of aliphatic hydroxyl groups is 1. The van der Waals surface area contributed by atoms with Gasteiger partial charge in [0.05, 0.1) is 34.2 Å². The van der Waals surface area contributed by atoms with Crippen LogP contribution >= 0.6 is 11.3 Å². The van der Waals surface area contributed by atoms with Gasteiger partial charge in [0, 0.05) is 27.6 Å². The van der Waals surface area contributed by atoms with Gasteiger partial charge in [0.25, 0.3) is 10.0 Å². The van der Waals surface area contributed by atoms with Crippen LogP contribution in [0.15, 0.2) is 106 Å². The molecule has 9 nitrogen and oxygen atoms in total. The molecule has 0 saturated heterocycles. The molecule has 0 fully saturated rings. The number of hydrogen-bond donors (Lipinski definition) is 2. The molecule has 0 aliphatic carbocycles. The van der Waals surface area contributed by atoms with Crippen LogP contribution in [0.25, 0.3) is 49.3 Å². The van der Waals surface area contributed by atoms with Crippen molar-refractivity contribution in [1.29, 1.82) is 0 Å². The van der Waals surface area contributed by atoms with E-state index in [1.54, 1.807) is 72.1 Å². The molecule has 2 heterocycles. The van der Waals surface area contributed by atoms with E-state index < -0.39 is 54.5 Å². The van der Waals surface area contributed by atoms with Gasteiger partial charge in [0.2, 0.25) is 5.00 Å². The van der Waals surface area contributed by atoms with Crippen molar-refractivity contribution in [3.63, 3.8) is 0 Å². The number of aryl methyl sites for hydroxylation is 1. The summed E-state index contributed by atoms with van der Waals surface area (Å²) in [6.45, 7) is 8.66. The number of benzene rings is 4. The van der Waals surface area contributed by atoms with E-state index in [2.05, 4.69) is 4.85 Å². The van der Waals surface area contributed by atoms with Crippen LogP contribution in [-0.4, -0.2) is 42.7 Å². The van der Waals surface area contributed by atoms with Crippen LogP contribution in [0.3, 0.4) is 0 Å². The molecular formula is C35H25FN2O7S3. The van der Waals surface area contributed by atoms with Crippen LogP contribution in [0.2, 0.25) is 0 Å².